The SMILES string of the molecule is CCCCC/C=C\CCCCCCCC(=O)OCCCCCCCCCCCCCCCCCCCCCCCCCCCCCCCC(=O)NC(CO)C(O)/C=C/CCCCCCCCCC. The zero-order valence-corrected chi connectivity index (χ0v) is 45.9. The van der Waals surface area contributed by atoms with E-state index < -0.39 is 12.1 Å². The van der Waals surface area contributed by atoms with Gasteiger partial charge in [-0.3, -0.25) is 9.59 Å². The molecule has 0 aliphatic rings. The molecule has 0 saturated heterocycles. The molecule has 402 valence electrons. The maximum atomic E-state index is 12.4. The van der Waals surface area contributed by atoms with E-state index in [1.165, 1.54) is 263 Å². The number of carbonyl (C=O) groups excluding carboxylic acids is 2. The molecule has 0 heterocycles. The maximum Gasteiger partial charge on any atom is 0.305 e. The van der Waals surface area contributed by atoms with Crippen LogP contribution in [-0.2, 0) is 14.3 Å². The van der Waals surface area contributed by atoms with Gasteiger partial charge >= 0.3 is 5.97 Å². The number of amides is 1. The number of hydrogen-bond acceptors (Lipinski definition) is 5. The Hall–Kier alpha value is -1.66. The smallest absolute Gasteiger partial charge is 0.305 e. The van der Waals surface area contributed by atoms with Crippen LogP contribution in [0.3, 0.4) is 0 Å². The summed E-state index contributed by atoms with van der Waals surface area (Å²) < 4.78 is 5.47. The fourth-order valence-electron chi connectivity index (χ4n) is 9.51. The van der Waals surface area contributed by atoms with E-state index in [0.29, 0.717) is 19.4 Å². The molecule has 0 saturated carbocycles. The van der Waals surface area contributed by atoms with E-state index in [-0.39, 0.29) is 18.5 Å². The minimum absolute atomic E-state index is 0.00897. The van der Waals surface area contributed by atoms with Crippen molar-refractivity contribution in [2.45, 2.75) is 347 Å². The fraction of sp³-hybridized carbons (Fsp3) is 0.903. The van der Waals surface area contributed by atoms with Crippen molar-refractivity contribution in [3.05, 3.63) is 24.3 Å². The van der Waals surface area contributed by atoms with Gasteiger partial charge in [-0.15, -0.1) is 0 Å². The second kappa shape index (κ2) is 57.9. The Morgan fingerprint density at radius 3 is 1.07 bits per heavy atom. The Bertz CT molecular complexity index is 1060. The Kier molecular flexibility index (Phi) is 56.5. The summed E-state index contributed by atoms with van der Waals surface area (Å²) in [6.45, 7) is 4.87. The van der Waals surface area contributed by atoms with Gasteiger partial charge in [-0.1, -0.05) is 289 Å². The molecular formula is C62H119NO5. The molecule has 0 aliphatic carbocycles. The van der Waals surface area contributed by atoms with Crippen molar-refractivity contribution in [1.82, 2.24) is 5.32 Å². The molecule has 0 bridgehead atoms. The molecule has 0 rings (SSSR count). The van der Waals surface area contributed by atoms with Crippen LogP contribution in [0.2, 0.25) is 0 Å². The number of aliphatic hydroxyl groups excluding tert-OH is 2. The number of unbranched alkanes of at least 4 members (excludes halogenated alkanes) is 44. The van der Waals surface area contributed by atoms with Crippen LogP contribution in [0.5, 0.6) is 0 Å². The van der Waals surface area contributed by atoms with Crippen molar-refractivity contribution in [2.24, 2.45) is 0 Å². The van der Waals surface area contributed by atoms with Gasteiger partial charge in [0, 0.05) is 12.8 Å². The highest BCUT2D eigenvalue weighted by atomic mass is 16.5. The average Bonchev–Trinajstić information content (AvgIpc) is 3.34. The predicted molar refractivity (Wildman–Crippen MR) is 296 cm³/mol. The number of aliphatic hydroxyl groups is 2. The molecule has 2 atom stereocenters. The molecule has 0 radical (unpaired) electrons. The lowest BCUT2D eigenvalue weighted by molar-refractivity contribution is -0.143. The summed E-state index contributed by atoms with van der Waals surface area (Å²) in [5.41, 5.74) is 0. The summed E-state index contributed by atoms with van der Waals surface area (Å²) in [5.74, 6) is -0.0565. The maximum absolute atomic E-state index is 12.4. The standard InChI is InChI=1S/C62H119NO5/c1-3-5-7-9-11-13-15-36-40-44-48-52-56-62(67)68-57-53-49-45-41-37-34-32-30-28-26-24-22-20-18-16-17-19-21-23-25-27-29-31-33-35-39-43-47-51-55-61(66)63-59(58-64)60(65)54-50-46-42-38-14-12-10-8-6-4-2/h11,13,50,54,59-60,64-65H,3-10,12,14-49,51-53,55-58H2,1-2H3,(H,63,66)/b13-11-,54-50+. The van der Waals surface area contributed by atoms with Gasteiger partial charge in [0.05, 0.1) is 25.4 Å². The topological polar surface area (TPSA) is 95.9 Å². The average molecular weight is 959 g/mol. The molecule has 3 N–H and O–H groups in total. The quantitative estimate of drug-likeness (QED) is 0.0321. The first kappa shape index (κ1) is 66.3. The predicted octanol–water partition coefficient (Wildman–Crippen LogP) is 19.0. The van der Waals surface area contributed by atoms with Gasteiger partial charge in [0.15, 0.2) is 0 Å². The summed E-state index contributed by atoms with van der Waals surface area (Å²) >= 11 is 0. The van der Waals surface area contributed by atoms with E-state index in [1.54, 1.807) is 6.08 Å². The third kappa shape index (κ3) is 53.7. The third-order valence-electron chi connectivity index (χ3n) is 14.2. The summed E-state index contributed by atoms with van der Waals surface area (Å²) in [4.78, 5) is 24.4. The first-order valence-electron chi connectivity index (χ1n) is 30.6. The monoisotopic (exact) mass is 958 g/mol. The first-order valence-corrected chi connectivity index (χ1v) is 30.6. The lowest BCUT2D eigenvalue weighted by Crippen LogP contribution is -2.45. The minimum Gasteiger partial charge on any atom is -0.466 e. The molecule has 0 spiro atoms. The molecule has 2 unspecified atom stereocenters. The van der Waals surface area contributed by atoms with Crippen molar-refractivity contribution in [3.63, 3.8) is 0 Å². The van der Waals surface area contributed by atoms with Gasteiger partial charge in [-0.25, -0.2) is 0 Å². The molecule has 1 amide bonds. The van der Waals surface area contributed by atoms with Crippen LogP contribution < -0.4 is 5.32 Å². The van der Waals surface area contributed by atoms with E-state index in [2.05, 4.69) is 31.3 Å². The third-order valence-corrected chi connectivity index (χ3v) is 14.2. The number of allylic oxidation sites excluding steroid dienone is 3. The second-order valence-corrected chi connectivity index (χ2v) is 21.0. The molecule has 0 aromatic rings. The van der Waals surface area contributed by atoms with E-state index in [4.69, 9.17) is 4.74 Å². The van der Waals surface area contributed by atoms with Crippen LogP contribution in [0.4, 0.5) is 0 Å². The Morgan fingerprint density at radius 1 is 0.397 bits per heavy atom. The van der Waals surface area contributed by atoms with Gasteiger partial charge in [-0.05, 0) is 57.8 Å². The summed E-state index contributed by atoms with van der Waals surface area (Å²) in [6.07, 6.45) is 70.9. The van der Waals surface area contributed by atoms with Gasteiger partial charge in [0.1, 0.15) is 0 Å². The first-order chi connectivity index (χ1) is 33.5. The molecule has 0 fully saturated rings. The number of ether oxygens (including phenoxy) is 1. The summed E-state index contributed by atoms with van der Waals surface area (Å²) in [6, 6.07) is -0.623. The molecule has 6 nitrogen and oxygen atoms in total. The van der Waals surface area contributed by atoms with Crippen LogP contribution in [0.15, 0.2) is 24.3 Å². The lowest BCUT2D eigenvalue weighted by Gasteiger charge is -2.20. The Balaban J connectivity index is 3.32. The normalized spacial score (nSPS) is 12.7. The van der Waals surface area contributed by atoms with Crippen LogP contribution in [0.1, 0.15) is 335 Å². The van der Waals surface area contributed by atoms with Crippen LogP contribution in [0, 0.1) is 0 Å². The van der Waals surface area contributed by atoms with Crippen molar-refractivity contribution in [3.8, 4) is 0 Å². The molecular weight excluding hydrogens is 839 g/mol. The number of esters is 1. The van der Waals surface area contributed by atoms with Gasteiger partial charge in [-0.2, -0.15) is 0 Å². The molecule has 6 heteroatoms. The van der Waals surface area contributed by atoms with Crippen molar-refractivity contribution in [1.29, 1.82) is 0 Å². The van der Waals surface area contributed by atoms with Crippen LogP contribution in [-0.4, -0.2) is 47.4 Å². The zero-order chi connectivity index (χ0) is 49.3. The van der Waals surface area contributed by atoms with E-state index in [0.717, 1.165) is 44.9 Å². The number of nitrogens with one attached hydrogen (secondary N) is 1. The zero-order valence-electron chi connectivity index (χ0n) is 45.9. The van der Waals surface area contributed by atoms with Crippen LogP contribution in [0.25, 0.3) is 0 Å². The number of rotatable bonds is 57. The van der Waals surface area contributed by atoms with Gasteiger partial charge < -0.3 is 20.3 Å². The minimum atomic E-state index is -0.839. The van der Waals surface area contributed by atoms with E-state index in [9.17, 15) is 19.8 Å². The largest absolute Gasteiger partial charge is 0.466 e. The Morgan fingerprint density at radius 2 is 0.691 bits per heavy atom. The molecule has 0 aromatic carbocycles. The number of carbonyl (C=O) groups is 2. The van der Waals surface area contributed by atoms with E-state index >= 15 is 0 Å². The molecule has 0 aromatic heterocycles. The summed E-state index contributed by atoms with van der Waals surface area (Å²) in [5, 5.41) is 23.0. The highest BCUT2D eigenvalue weighted by Crippen LogP contribution is 2.18. The second-order valence-electron chi connectivity index (χ2n) is 21.0. The van der Waals surface area contributed by atoms with Gasteiger partial charge in [0.2, 0.25) is 5.91 Å². The lowest BCUT2D eigenvalue weighted by atomic mass is 10.0. The summed E-state index contributed by atoms with van der Waals surface area (Å²) in [7, 11) is 0. The van der Waals surface area contributed by atoms with E-state index in [1.807, 2.05) is 6.08 Å². The Labute approximate surface area is 424 Å². The van der Waals surface area contributed by atoms with Crippen molar-refractivity contribution >= 4 is 11.9 Å². The number of hydrogen-bond donors (Lipinski definition) is 3. The molecule has 0 aliphatic heterocycles. The van der Waals surface area contributed by atoms with Crippen molar-refractivity contribution < 1.29 is 24.5 Å². The highest BCUT2D eigenvalue weighted by Gasteiger charge is 2.18. The van der Waals surface area contributed by atoms with Gasteiger partial charge in [0.25, 0.3) is 0 Å². The van der Waals surface area contributed by atoms with Crippen molar-refractivity contribution in [2.75, 3.05) is 13.2 Å². The fourth-order valence-corrected chi connectivity index (χ4v) is 9.51. The molecule has 68 heavy (non-hydrogen) atoms. The van der Waals surface area contributed by atoms with Crippen LogP contribution >= 0.6 is 0 Å². The highest BCUT2D eigenvalue weighted by molar-refractivity contribution is 5.76.